The van der Waals surface area contributed by atoms with Gasteiger partial charge in [-0.05, 0) is 26.0 Å². The molecule has 2 heterocycles. The van der Waals surface area contributed by atoms with Gasteiger partial charge >= 0.3 is 0 Å². The highest BCUT2D eigenvalue weighted by Crippen LogP contribution is 2.20. The number of rotatable bonds is 4. The van der Waals surface area contributed by atoms with E-state index in [0.29, 0.717) is 18.6 Å². The van der Waals surface area contributed by atoms with Crippen LogP contribution in [0.3, 0.4) is 0 Å². The van der Waals surface area contributed by atoms with Crippen molar-refractivity contribution in [3.05, 3.63) is 47.8 Å². The largest absolute Gasteiger partial charge is 0.344 e. The van der Waals surface area contributed by atoms with Crippen LogP contribution in [0.4, 0.5) is 0 Å². The van der Waals surface area contributed by atoms with Gasteiger partial charge in [-0.3, -0.25) is 9.59 Å². The summed E-state index contributed by atoms with van der Waals surface area (Å²) in [6.07, 6.45) is 2.44. The molecule has 7 heteroatoms. The first kappa shape index (κ1) is 16.9. The van der Waals surface area contributed by atoms with Crippen molar-refractivity contribution in [3.8, 4) is 5.69 Å². The molecule has 0 fully saturated rings. The van der Waals surface area contributed by atoms with Gasteiger partial charge in [0.2, 0.25) is 5.91 Å². The highest BCUT2D eigenvalue weighted by molar-refractivity contribution is 6.39. The van der Waals surface area contributed by atoms with Crippen LogP contribution in [-0.2, 0) is 9.59 Å². The summed E-state index contributed by atoms with van der Waals surface area (Å²) in [5, 5.41) is 12.7. The number of para-hydroxylation sites is 1. The van der Waals surface area contributed by atoms with Crippen molar-refractivity contribution in [2.45, 2.75) is 32.7 Å². The Morgan fingerprint density at radius 2 is 1.96 bits per heavy atom. The van der Waals surface area contributed by atoms with Crippen LogP contribution in [0.25, 0.3) is 5.69 Å². The highest BCUT2D eigenvalue weighted by Gasteiger charge is 2.24. The molecule has 1 unspecified atom stereocenters. The lowest BCUT2D eigenvalue weighted by Crippen LogP contribution is -2.38. The topological polar surface area (TPSA) is 79.6 Å². The van der Waals surface area contributed by atoms with Crippen LogP contribution in [0.2, 0.25) is 0 Å². The fourth-order valence-electron chi connectivity index (χ4n) is 2.87. The molecule has 3 rings (SSSR count). The van der Waals surface area contributed by atoms with Gasteiger partial charge in [0.1, 0.15) is 5.71 Å². The monoisotopic (exact) mass is 339 g/mol. The minimum atomic E-state index is -0.251. The number of nitrogens with zero attached hydrogens (tertiary/aromatic N) is 4. The first-order valence-corrected chi connectivity index (χ1v) is 8.22. The molecule has 0 spiro atoms. The third-order valence-corrected chi connectivity index (χ3v) is 4.33. The maximum absolute atomic E-state index is 12.4. The molecule has 1 aliphatic heterocycles. The predicted molar refractivity (Wildman–Crippen MR) is 94.3 cm³/mol. The van der Waals surface area contributed by atoms with E-state index in [4.69, 9.17) is 0 Å². The molecule has 130 valence electrons. The highest BCUT2D eigenvalue weighted by atomic mass is 16.2. The van der Waals surface area contributed by atoms with Crippen LogP contribution in [0.5, 0.6) is 0 Å². The molecule has 0 bridgehead atoms. The predicted octanol–water partition coefficient (Wildman–Crippen LogP) is 1.97. The van der Waals surface area contributed by atoms with E-state index in [0.717, 1.165) is 16.9 Å². The van der Waals surface area contributed by atoms with E-state index < -0.39 is 0 Å². The van der Waals surface area contributed by atoms with Crippen LogP contribution >= 0.6 is 0 Å². The van der Waals surface area contributed by atoms with Crippen LogP contribution in [0.1, 0.15) is 37.1 Å². The molecule has 2 aromatic rings. The molecule has 0 radical (unpaired) electrons. The lowest BCUT2D eigenvalue weighted by molar-refractivity contribution is -0.130. The SMILES string of the molecule is Cc1c(C(C)NC(=O)C2=NN(C)C(=O)CC2)cnn1-c1ccccc1. The Bertz CT molecular complexity index is 825. The van der Waals surface area contributed by atoms with Gasteiger partial charge in [-0.2, -0.15) is 10.2 Å². The van der Waals surface area contributed by atoms with E-state index in [1.54, 1.807) is 13.2 Å². The standard InChI is InChI=1S/C18H21N5O2/c1-12(20-18(25)16-9-10-17(24)22(3)21-16)15-11-19-23(13(15)2)14-7-5-4-6-8-14/h4-8,11-12H,9-10H2,1-3H3,(H,20,25). The Labute approximate surface area is 146 Å². The molecular formula is C18H21N5O2. The van der Waals surface area contributed by atoms with E-state index in [1.165, 1.54) is 5.01 Å². The third-order valence-electron chi connectivity index (χ3n) is 4.33. The normalized spacial score (nSPS) is 15.7. The van der Waals surface area contributed by atoms with Crippen LogP contribution in [0.15, 0.2) is 41.6 Å². The van der Waals surface area contributed by atoms with E-state index in [1.807, 2.05) is 48.9 Å². The Balaban J connectivity index is 1.75. The third kappa shape index (κ3) is 3.45. The summed E-state index contributed by atoms with van der Waals surface area (Å²) in [5.41, 5.74) is 3.26. The molecule has 1 N–H and O–H groups in total. The molecule has 1 aromatic carbocycles. The Morgan fingerprint density at radius 3 is 2.64 bits per heavy atom. The molecule has 0 saturated carbocycles. The van der Waals surface area contributed by atoms with Crippen LogP contribution in [0, 0.1) is 6.92 Å². The van der Waals surface area contributed by atoms with Gasteiger partial charge in [0.05, 0.1) is 17.9 Å². The molecule has 25 heavy (non-hydrogen) atoms. The first-order valence-electron chi connectivity index (χ1n) is 8.22. The Morgan fingerprint density at radius 1 is 1.24 bits per heavy atom. The van der Waals surface area contributed by atoms with Crippen LogP contribution in [-0.4, -0.2) is 39.4 Å². The molecule has 0 saturated heterocycles. The van der Waals surface area contributed by atoms with Crippen molar-refractivity contribution >= 4 is 17.5 Å². The van der Waals surface area contributed by atoms with Gasteiger partial charge in [0, 0.05) is 31.1 Å². The number of hydrazone groups is 1. The van der Waals surface area contributed by atoms with E-state index in [2.05, 4.69) is 15.5 Å². The summed E-state index contributed by atoms with van der Waals surface area (Å²) in [5.74, 6) is -0.330. The van der Waals surface area contributed by atoms with Crippen molar-refractivity contribution in [1.29, 1.82) is 0 Å². The average Bonchev–Trinajstić information content (AvgIpc) is 2.99. The first-order chi connectivity index (χ1) is 12.0. The van der Waals surface area contributed by atoms with Gasteiger partial charge in [-0.1, -0.05) is 18.2 Å². The molecule has 1 aromatic heterocycles. The smallest absolute Gasteiger partial charge is 0.267 e. The minimum absolute atomic E-state index is 0.0791. The summed E-state index contributed by atoms with van der Waals surface area (Å²) in [7, 11) is 1.56. The van der Waals surface area contributed by atoms with Gasteiger partial charge in [-0.15, -0.1) is 0 Å². The molecule has 2 amide bonds. The van der Waals surface area contributed by atoms with Crippen molar-refractivity contribution < 1.29 is 9.59 Å². The zero-order chi connectivity index (χ0) is 18.0. The summed E-state index contributed by atoms with van der Waals surface area (Å²) in [6.45, 7) is 3.89. The number of carbonyl (C=O) groups is 2. The molecule has 0 aliphatic carbocycles. The second-order valence-electron chi connectivity index (χ2n) is 6.09. The van der Waals surface area contributed by atoms with Crippen molar-refractivity contribution in [2.24, 2.45) is 5.10 Å². The van der Waals surface area contributed by atoms with Crippen LogP contribution < -0.4 is 5.32 Å². The number of aromatic nitrogens is 2. The van der Waals surface area contributed by atoms with Gasteiger partial charge in [0.25, 0.3) is 5.91 Å². The number of carbonyl (C=O) groups excluding carboxylic acids is 2. The molecule has 1 atom stereocenters. The number of hydrogen-bond donors (Lipinski definition) is 1. The van der Waals surface area contributed by atoms with Gasteiger partial charge in [0.15, 0.2) is 0 Å². The number of amides is 2. The van der Waals surface area contributed by atoms with Crippen molar-refractivity contribution in [2.75, 3.05) is 7.05 Å². The maximum Gasteiger partial charge on any atom is 0.267 e. The number of hydrogen-bond acceptors (Lipinski definition) is 4. The summed E-state index contributed by atoms with van der Waals surface area (Å²) in [6, 6.07) is 9.63. The quantitative estimate of drug-likeness (QED) is 0.925. The average molecular weight is 339 g/mol. The molecule has 7 nitrogen and oxygen atoms in total. The summed E-state index contributed by atoms with van der Waals surface area (Å²) >= 11 is 0. The van der Waals surface area contributed by atoms with E-state index in [9.17, 15) is 9.59 Å². The number of benzene rings is 1. The summed E-state index contributed by atoms with van der Waals surface area (Å²) in [4.78, 5) is 23.9. The number of nitrogens with one attached hydrogen (secondary N) is 1. The van der Waals surface area contributed by atoms with Gasteiger partial charge < -0.3 is 5.32 Å². The van der Waals surface area contributed by atoms with Gasteiger partial charge in [-0.25, -0.2) is 9.69 Å². The van der Waals surface area contributed by atoms with Crippen molar-refractivity contribution in [1.82, 2.24) is 20.1 Å². The van der Waals surface area contributed by atoms with E-state index >= 15 is 0 Å². The maximum atomic E-state index is 12.4. The fourth-order valence-corrected chi connectivity index (χ4v) is 2.87. The fraction of sp³-hybridized carbons (Fsp3) is 0.333. The molecule has 1 aliphatic rings. The zero-order valence-electron chi connectivity index (χ0n) is 14.6. The zero-order valence-corrected chi connectivity index (χ0v) is 14.6. The van der Waals surface area contributed by atoms with E-state index in [-0.39, 0.29) is 17.9 Å². The lowest BCUT2D eigenvalue weighted by Gasteiger charge is -2.20. The molecular weight excluding hydrogens is 318 g/mol. The lowest BCUT2D eigenvalue weighted by atomic mass is 10.1. The minimum Gasteiger partial charge on any atom is -0.344 e. The summed E-state index contributed by atoms with van der Waals surface area (Å²) < 4.78 is 1.85. The Hall–Kier alpha value is -2.96. The van der Waals surface area contributed by atoms with Crippen molar-refractivity contribution in [3.63, 3.8) is 0 Å². The Kier molecular flexibility index (Phi) is 4.65. The second-order valence-corrected chi connectivity index (χ2v) is 6.09. The second kappa shape index (κ2) is 6.88.